The quantitative estimate of drug-likeness (QED) is 0.588. The van der Waals surface area contributed by atoms with Gasteiger partial charge in [0.2, 0.25) is 0 Å². The minimum Gasteiger partial charge on any atom is -0.388 e. The third-order valence-electron chi connectivity index (χ3n) is 3.94. The number of hydrogen-bond acceptors (Lipinski definition) is 3. The largest absolute Gasteiger partial charge is 0.388 e. The van der Waals surface area contributed by atoms with E-state index < -0.39 is 5.60 Å². The van der Waals surface area contributed by atoms with E-state index in [0.717, 1.165) is 36.3 Å². The minimum absolute atomic E-state index is 0.258. The fourth-order valence-electron chi connectivity index (χ4n) is 2.68. The number of hydrogen-bond donors (Lipinski definition) is 3. The van der Waals surface area contributed by atoms with Crippen LogP contribution in [-0.2, 0) is 0 Å². The number of anilines is 1. The molecule has 1 fully saturated rings. The Morgan fingerprint density at radius 2 is 2.00 bits per heavy atom. The van der Waals surface area contributed by atoms with Crippen LogP contribution in [-0.4, -0.2) is 29.5 Å². The molecule has 0 aliphatic heterocycles. The SMILES string of the molecule is CSc1cccc(NC(=O)NCC2(O)CCCCCC2)c1. The van der Waals surface area contributed by atoms with Crippen molar-refractivity contribution >= 4 is 23.5 Å². The second kappa shape index (κ2) is 7.71. The van der Waals surface area contributed by atoms with Gasteiger partial charge in [0.05, 0.1) is 5.60 Å². The fraction of sp³-hybridized carbons (Fsp3) is 0.562. The second-order valence-corrected chi connectivity index (χ2v) is 6.56. The highest BCUT2D eigenvalue weighted by Crippen LogP contribution is 2.26. The van der Waals surface area contributed by atoms with Crippen molar-refractivity contribution in [1.29, 1.82) is 0 Å². The molecule has 0 heterocycles. The lowest BCUT2D eigenvalue weighted by atomic mass is 9.95. The molecule has 21 heavy (non-hydrogen) atoms. The molecule has 0 spiro atoms. The molecule has 0 radical (unpaired) electrons. The second-order valence-electron chi connectivity index (χ2n) is 5.68. The third kappa shape index (κ3) is 5.25. The molecule has 1 saturated carbocycles. The maximum atomic E-state index is 11.9. The highest BCUT2D eigenvalue weighted by Gasteiger charge is 2.28. The monoisotopic (exact) mass is 308 g/mol. The summed E-state index contributed by atoms with van der Waals surface area (Å²) in [5, 5.41) is 16.1. The highest BCUT2D eigenvalue weighted by molar-refractivity contribution is 7.98. The molecule has 3 N–H and O–H groups in total. The van der Waals surface area contributed by atoms with Crippen LogP contribution in [0.2, 0.25) is 0 Å². The van der Waals surface area contributed by atoms with Gasteiger partial charge in [-0.25, -0.2) is 4.79 Å². The summed E-state index contributed by atoms with van der Waals surface area (Å²) in [6.45, 7) is 0.320. The van der Waals surface area contributed by atoms with E-state index in [0.29, 0.717) is 6.54 Å². The minimum atomic E-state index is -0.741. The number of amides is 2. The molecule has 0 atom stereocenters. The molecule has 0 aromatic heterocycles. The zero-order chi connectivity index (χ0) is 15.1. The Bertz CT molecular complexity index is 471. The topological polar surface area (TPSA) is 61.4 Å². The zero-order valence-corrected chi connectivity index (χ0v) is 13.3. The predicted octanol–water partition coefficient (Wildman–Crippen LogP) is 3.62. The summed E-state index contributed by atoms with van der Waals surface area (Å²) < 4.78 is 0. The highest BCUT2D eigenvalue weighted by atomic mass is 32.2. The van der Waals surface area contributed by atoms with Crippen LogP contribution < -0.4 is 10.6 Å². The van der Waals surface area contributed by atoms with Gasteiger partial charge in [-0.05, 0) is 37.3 Å². The number of urea groups is 1. The summed E-state index contributed by atoms with van der Waals surface area (Å²) >= 11 is 1.64. The maximum absolute atomic E-state index is 11.9. The maximum Gasteiger partial charge on any atom is 0.319 e. The van der Waals surface area contributed by atoms with Crippen LogP contribution in [0.4, 0.5) is 10.5 Å². The van der Waals surface area contributed by atoms with Gasteiger partial charge in [0, 0.05) is 17.1 Å². The van der Waals surface area contributed by atoms with Gasteiger partial charge in [-0.15, -0.1) is 11.8 Å². The normalized spacial score (nSPS) is 17.8. The van der Waals surface area contributed by atoms with E-state index >= 15 is 0 Å². The first-order chi connectivity index (χ1) is 10.1. The fourth-order valence-corrected chi connectivity index (χ4v) is 3.14. The standard InChI is InChI=1S/C16H24N2O2S/c1-21-14-8-6-7-13(11-14)18-15(19)17-12-16(20)9-4-2-3-5-10-16/h6-8,11,20H,2-5,9-10,12H2,1H3,(H2,17,18,19). The Labute approximate surface area is 130 Å². The molecule has 2 amide bonds. The Hall–Kier alpha value is -1.20. The van der Waals surface area contributed by atoms with E-state index in [9.17, 15) is 9.90 Å². The first-order valence-corrected chi connectivity index (χ1v) is 8.75. The Balaban J connectivity index is 1.83. The summed E-state index contributed by atoms with van der Waals surface area (Å²) in [5.74, 6) is 0. The molecular weight excluding hydrogens is 284 g/mol. The molecule has 4 nitrogen and oxygen atoms in total. The summed E-state index contributed by atoms with van der Waals surface area (Å²) in [4.78, 5) is 13.0. The van der Waals surface area contributed by atoms with Gasteiger partial charge < -0.3 is 15.7 Å². The molecule has 116 valence electrons. The van der Waals surface area contributed by atoms with Crippen LogP contribution in [0.1, 0.15) is 38.5 Å². The van der Waals surface area contributed by atoms with Crippen molar-refractivity contribution in [2.45, 2.75) is 49.0 Å². The van der Waals surface area contributed by atoms with Crippen molar-refractivity contribution in [3.05, 3.63) is 24.3 Å². The van der Waals surface area contributed by atoms with E-state index in [1.54, 1.807) is 11.8 Å². The molecule has 2 rings (SSSR count). The lowest BCUT2D eigenvalue weighted by Gasteiger charge is -2.26. The van der Waals surface area contributed by atoms with E-state index in [-0.39, 0.29) is 6.03 Å². The lowest BCUT2D eigenvalue weighted by molar-refractivity contribution is 0.0281. The predicted molar refractivity (Wildman–Crippen MR) is 87.9 cm³/mol. The van der Waals surface area contributed by atoms with E-state index in [1.807, 2.05) is 30.5 Å². The molecule has 1 aliphatic rings. The van der Waals surface area contributed by atoms with Crippen molar-refractivity contribution in [3.8, 4) is 0 Å². The van der Waals surface area contributed by atoms with Gasteiger partial charge in [0.15, 0.2) is 0 Å². The van der Waals surface area contributed by atoms with Crippen LogP contribution in [0.25, 0.3) is 0 Å². The summed E-state index contributed by atoms with van der Waals surface area (Å²) in [6, 6.07) is 7.46. The van der Waals surface area contributed by atoms with Crippen LogP contribution in [0.3, 0.4) is 0 Å². The molecular formula is C16H24N2O2S. The average molecular weight is 308 g/mol. The number of carbonyl (C=O) groups excluding carboxylic acids is 1. The van der Waals surface area contributed by atoms with Crippen molar-refractivity contribution in [2.24, 2.45) is 0 Å². The third-order valence-corrected chi connectivity index (χ3v) is 4.67. The Kier molecular flexibility index (Phi) is 5.94. The van der Waals surface area contributed by atoms with Crippen LogP contribution >= 0.6 is 11.8 Å². The molecule has 1 aromatic rings. The Morgan fingerprint density at radius 3 is 2.67 bits per heavy atom. The molecule has 0 saturated heterocycles. The van der Waals surface area contributed by atoms with Gasteiger partial charge in [0.25, 0.3) is 0 Å². The van der Waals surface area contributed by atoms with Crippen molar-refractivity contribution in [2.75, 3.05) is 18.1 Å². The number of benzene rings is 1. The molecule has 1 aromatic carbocycles. The van der Waals surface area contributed by atoms with Gasteiger partial charge in [-0.3, -0.25) is 0 Å². The molecule has 0 unspecified atom stereocenters. The summed E-state index contributed by atoms with van der Waals surface area (Å²) in [5.41, 5.74) is 0.0294. The lowest BCUT2D eigenvalue weighted by Crippen LogP contribution is -2.44. The first kappa shape index (κ1) is 16.2. The molecule has 0 bridgehead atoms. The van der Waals surface area contributed by atoms with E-state index in [4.69, 9.17) is 0 Å². The van der Waals surface area contributed by atoms with Gasteiger partial charge in [0.1, 0.15) is 0 Å². The van der Waals surface area contributed by atoms with Crippen LogP contribution in [0, 0.1) is 0 Å². The van der Waals surface area contributed by atoms with Gasteiger partial charge >= 0.3 is 6.03 Å². The average Bonchev–Trinajstić information content (AvgIpc) is 2.71. The van der Waals surface area contributed by atoms with Crippen molar-refractivity contribution in [3.63, 3.8) is 0 Å². The van der Waals surface area contributed by atoms with Crippen molar-refractivity contribution in [1.82, 2.24) is 5.32 Å². The smallest absolute Gasteiger partial charge is 0.319 e. The molecule has 5 heteroatoms. The number of rotatable bonds is 4. The van der Waals surface area contributed by atoms with E-state index in [1.165, 1.54) is 12.8 Å². The Morgan fingerprint density at radius 1 is 1.29 bits per heavy atom. The summed E-state index contributed by atoms with van der Waals surface area (Å²) in [6.07, 6.45) is 7.97. The number of nitrogens with one attached hydrogen (secondary N) is 2. The van der Waals surface area contributed by atoms with Crippen LogP contribution in [0.15, 0.2) is 29.2 Å². The van der Waals surface area contributed by atoms with Crippen molar-refractivity contribution < 1.29 is 9.90 Å². The number of carbonyl (C=O) groups is 1. The zero-order valence-electron chi connectivity index (χ0n) is 12.5. The van der Waals surface area contributed by atoms with Gasteiger partial charge in [-0.1, -0.05) is 31.7 Å². The van der Waals surface area contributed by atoms with Crippen LogP contribution in [0.5, 0.6) is 0 Å². The molecule has 1 aliphatic carbocycles. The number of aliphatic hydroxyl groups is 1. The van der Waals surface area contributed by atoms with E-state index in [2.05, 4.69) is 10.6 Å². The number of thioether (sulfide) groups is 1. The summed E-state index contributed by atoms with van der Waals surface area (Å²) in [7, 11) is 0. The van der Waals surface area contributed by atoms with Gasteiger partial charge in [-0.2, -0.15) is 0 Å². The first-order valence-electron chi connectivity index (χ1n) is 7.53.